The van der Waals surface area contributed by atoms with Crippen LogP contribution in [-0.2, 0) is 10.0 Å². The van der Waals surface area contributed by atoms with Crippen molar-refractivity contribution in [2.75, 3.05) is 12.4 Å². The Labute approximate surface area is 125 Å². The number of primary sulfonamides is 1. The van der Waals surface area contributed by atoms with Crippen molar-refractivity contribution in [1.82, 2.24) is 0 Å². The van der Waals surface area contributed by atoms with E-state index >= 15 is 0 Å². The third kappa shape index (κ3) is 6.62. The van der Waals surface area contributed by atoms with E-state index in [1.165, 1.54) is 0 Å². The van der Waals surface area contributed by atoms with Crippen molar-refractivity contribution in [3.05, 3.63) is 28.2 Å². The minimum atomic E-state index is -3.40. The fraction of sp³-hybridized carbons (Fsp3) is 0.500. The summed E-state index contributed by atoms with van der Waals surface area (Å²) in [5, 5.41) is 4.87. The molecule has 1 aromatic rings. The lowest BCUT2D eigenvalue weighted by molar-refractivity contribution is 0.287. The highest BCUT2D eigenvalue weighted by molar-refractivity contribution is 9.10. The molecule has 0 aliphatic heterocycles. The summed E-state index contributed by atoms with van der Waals surface area (Å²) in [5.41, 5.74) is 0. The van der Waals surface area contributed by atoms with Crippen molar-refractivity contribution in [2.24, 2.45) is 5.14 Å². The summed E-state index contributed by atoms with van der Waals surface area (Å²) >= 11 is 3.03. The zero-order valence-electron chi connectivity index (χ0n) is 10.7. The van der Waals surface area contributed by atoms with Gasteiger partial charge in [0, 0.05) is 6.07 Å². The highest BCUT2D eigenvalue weighted by atomic mass is 79.9. The van der Waals surface area contributed by atoms with Crippen LogP contribution in [0.1, 0.15) is 25.7 Å². The second-order valence-electron chi connectivity index (χ2n) is 4.33. The molecule has 0 fully saturated rings. The second-order valence-corrected chi connectivity index (χ2v) is 6.92. The number of sulfonamides is 1. The number of hydrogen-bond acceptors (Lipinski definition) is 3. The number of hydrogen-bond donors (Lipinski definition) is 1. The normalized spacial score (nSPS) is 11.6. The molecule has 0 aliphatic rings. The molecule has 1 aromatic carbocycles. The van der Waals surface area contributed by atoms with Gasteiger partial charge in [-0.25, -0.2) is 22.3 Å². The molecule has 0 saturated heterocycles. The van der Waals surface area contributed by atoms with Crippen LogP contribution in [0, 0.1) is 11.6 Å². The average Bonchev–Trinajstić information content (AvgIpc) is 2.29. The maximum Gasteiger partial charge on any atom is 0.209 e. The fourth-order valence-electron chi connectivity index (χ4n) is 1.60. The van der Waals surface area contributed by atoms with E-state index in [2.05, 4.69) is 15.9 Å². The Morgan fingerprint density at radius 1 is 1.15 bits per heavy atom. The molecule has 0 amide bonds. The van der Waals surface area contributed by atoms with Crippen LogP contribution in [0.2, 0.25) is 0 Å². The van der Waals surface area contributed by atoms with Crippen LogP contribution in [0.15, 0.2) is 16.6 Å². The number of benzene rings is 1. The smallest absolute Gasteiger partial charge is 0.209 e. The summed E-state index contributed by atoms with van der Waals surface area (Å²) in [6, 6.07) is 1.89. The molecule has 2 N–H and O–H groups in total. The quantitative estimate of drug-likeness (QED) is 0.714. The molecule has 0 unspecified atom stereocenters. The highest BCUT2D eigenvalue weighted by Gasteiger charge is 2.10. The summed E-state index contributed by atoms with van der Waals surface area (Å²) in [4.78, 5) is 0. The molecule has 0 aromatic heterocycles. The van der Waals surface area contributed by atoms with Crippen molar-refractivity contribution in [1.29, 1.82) is 0 Å². The zero-order valence-corrected chi connectivity index (χ0v) is 13.1. The molecule has 0 bridgehead atoms. The fourth-order valence-corrected chi connectivity index (χ4v) is 2.73. The number of rotatable bonds is 8. The van der Waals surface area contributed by atoms with Gasteiger partial charge in [0.15, 0.2) is 11.6 Å². The Morgan fingerprint density at radius 3 is 2.40 bits per heavy atom. The first kappa shape index (κ1) is 17.3. The molecule has 4 nitrogen and oxygen atoms in total. The Morgan fingerprint density at radius 2 is 1.80 bits per heavy atom. The first-order chi connectivity index (χ1) is 9.29. The van der Waals surface area contributed by atoms with Crippen LogP contribution in [0.5, 0.6) is 5.75 Å². The predicted octanol–water partition coefficient (Wildman–Crippen LogP) is 2.96. The number of ether oxygens (including phenoxy) is 1. The SMILES string of the molecule is NS(=O)(=O)CCCCCCOc1c(F)cc(F)cc1Br. The summed E-state index contributed by atoms with van der Waals surface area (Å²) in [5.74, 6) is -1.49. The minimum absolute atomic E-state index is 0.0177. The summed E-state index contributed by atoms with van der Waals surface area (Å²) in [7, 11) is -3.40. The Hall–Kier alpha value is -0.730. The van der Waals surface area contributed by atoms with Crippen LogP contribution < -0.4 is 9.88 Å². The highest BCUT2D eigenvalue weighted by Crippen LogP contribution is 2.29. The maximum atomic E-state index is 13.4. The van der Waals surface area contributed by atoms with E-state index in [1.54, 1.807) is 0 Å². The first-order valence-electron chi connectivity index (χ1n) is 6.07. The van der Waals surface area contributed by atoms with Crippen molar-refractivity contribution in [3.8, 4) is 5.75 Å². The molecule has 0 spiro atoms. The van der Waals surface area contributed by atoms with Crippen molar-refractivity contribution in [2.45, 2.75) is 25.7 Å². The van der Waals surface area contributed by atoms with E-state index in [1.807, 2.05) is 0 Å². The van der Waals surface area contributed by atoms with E-state index in [9.17, 15) is 17.2 Å². The topological polar surface area (TPSA) is 69.4 Å². The molecule has 0 aliphatic carbocycles. The molecule has 0 radical (unpaired) electrons. The van der Waals surface area contributed by atoms with Gasteiger partial charge in [-0.3, -0.25) is 0 Å². The van der Waals surface area contributed by atoms with Crippen LogP contribution in [0.25, 0.3) is 0 Å². The zero-order chi connectivity index (χ0) is 15.2. The van der Waals surface area contributed by atoms with Crippen LogP contribution >= 0.6 is 15.9 Å². The second kappa shape index (κ2) is 7.90. The van der Waals surface area contributed by atoms with Gasteiger partial charge < -0.3 is 4.74 Å². The molecule has 0 saturated carbocycles. The van der Waals surface area contributed by atoms with Gasteiger partial charge in [-0.2, -0.15) is 0 Å². The third-order valence-corrected chi connectivity index (χ3v) is 3.98. The van der Waals surface area contributed by atoms with Crippen molar-refractivity contribution in [3.63, 3.8) is 0 Å². The van der Waals surface area contributed by atoms with Gasteiger partial charge in [0.25, 0.3) is 0 Å². The van der Waals surface area contributed by atoms with Crippen LogP contribution in [0.3, 0.4) is 0 Å². The lowest BCUT2D eigenvalue weighted by Gasteiger charge is -2.09. The molecule has 20 heavy (non-hydrogen) atoms. The summed E-state index contributed by atoms with van der Waals surface area (Å²) in [6.45, 7) is 0.274. The minimum Gasteiger partial charge on any atom is -0.489 e. The molecule has 0 atom stereocenters. The van der Waals surface area contributed by atoms with E-state index in [-0.39, 0.29) is 22.6 Å². The van der Waals surface area contributed by atoms with Gasteiger partial charge in [-0.15, -0.1) is 0 Å². The predicted molar refractivity (Wildman–Crippen MR) is 76.0 cm³/mol. The van der Waals surface area contributed by atoms with Crippen molar-refractivity contribution < 1.29 is 21.9 Å². The van der Waals surface area contributed by atoms with Gasteiger partial charge in [-0.1, -0.05) is 12.8 Å². The van der Waals surface area contributed by atoms with E-state index < -0.39 is 21.7 Å². The summed E-state index contributed by atoms with van der Waals surface area (Å²) in [6.07, 6.45) is 2.59. The van der Waals surface area contributed by atoms with Gasteiger partial charge in [-0.05, 0) is 34.8 Å². The molecule has 8 heteroatoms. The average molecular weight is 372 g/mol. The Balaban J connectivity index is 2.25. The Bertz CT molecular complexity index is 529. The van der Waals surface area contributed by atoms with Gasteiger partial charge >= 0.3 is 0 Å². The largest absolute Gasteiger partial charge is 0.489 e. The lowest BCUT2D eigenvalue weighted by atomic mass is 10.2. The van der Waals surface area contributed by atoms with Crippen molar-refractivity contribution >= 4 is 26.0 Å². The monoisotopic (exact) mass is 371 g/mol. The number of nitrogens with two attached hydrogens (primary N) is 1. The standard InChI is InChI=1S/C12H16BrF2NO3S/c13-10-7-9(14)8-11(15)12(10)19-5-3-1-2-4-6-20(16,17)18/h7-8H,1-6H2,(H2,16,17,18). The maximum absolute atomic E-state index is 13.4. The molecular formula is C12H16BrF2NO3S. The molecule has 0 heterocycles. The van der Waals surface area contributed by atoms with Crippen LogP contribution in [0.4, 0.5) is 8.78 Å². The van der Waals surface area contributed by atoms with Gasteiger partial charge in [0.1, 0.15) is 5.82 Å². The number of unbranched alkanes of at least 4 members (excludes halogenated alkanes) is 3. The number of halogens is 3. The first-order valence-corrected chi connectivity index (χ1v) is 8.58. The summed E-state index contributed by atoms with van der Waals surface area (Å²) < 4.78 is 53.1. The molecular weight excluding hydrogens is 356 g/mol. The lowest BCUT2D eigenvalue weighted by Crippen LogP contribution is -2.16. The Kier molecular flexibility index (Phi) is 6.84. The van der Waals surface area contributed by atoms with Crippen LogP contribution in [-0.4, -0.2) is 20.8 Å². The van der Waals surface area contributed by atoms with E-state index in [0.29, 0.717) is 19.3 Å². The third-order valence-electron chi connectivity index (χ3n) is 2.53. The molecule has 1 rings (SSSR count). The molecule has 114 valence electrons. The van der Waals surface area contributed by atoms with Gasteiger partial charge in [0.05, 0.1) is 16.8 Å². The van der Waals surface area contributed by atoms with E-state index in [0.717, 1.165) is 18.6 Å². The van der Waals surface area contributed by atoms with Gasteiger partial charge in [0.2, 0.25) is 10.0 Å². The van der Waals surface area contributed by atoms with E-state index in [4.69, 9.17) is 9.88 Å².